The van der Waals surface area contributed by atoms with Crippen LogP contribution in [0.15, 0.2) is 77.2 Å². The molecular formula is C36H43N2O3+. The third-order valence-corrected chi connectivity index (χ3v) is 8.36. The predicted octanol–water partition coefficient (Wildman–Crippen LogP) is 7.91. The van der Waals surface area contributed by atoms with Crippen LogP contribution in [0.2, 0.25) is 0 Å². The average molecular weight is 552 g/mol. The molecule has 214 valence electrons. The standard InChI is InChI=1S/C36H43N2O3/c1-5-37(6-2)26-20-22-31-33(24-26)41-34-25-27(38(7-3)8-4)21-23-32(34)35(31)29-18-14-15-19-30(29)36(39)40-28-16-12-10-9-11-13-17-28/h9-10,14-15,18-25,28H,5-8,11-13,16-17H2,1-4H3/q+1. The first-order valence-corrected chi connectivity index (χ1v) is 15.4. The van der Waals surface area contributed by atoms with Crippen molar-refractivity contribution in [2.75, 3.05) is 31.1 Å². The molecule has 0 aromatic heterocycles. The molecule has 5 nitrogen and oxygen atoms in total. The molecule has 0 bridgehead atoms. The molecule has 41 heavy (non-hydrogen) atoms. The van der Waals surface area contributed by atoms with Crippen LogP contribution in [0.4, 0.5) is 5.69 Å². The van der Waals surface area contributed by atoms with Gasteiger partial charge in [-0.2, -0.15) is 0 Å². The third kappa shape index (κ3) is 6.09. The van der Waals surface area contributed by atoms with Crippen molar-refractivity contribution in [2.24, 2.45) is 0 Å². The van der Waals surface area contributed by atoms with Gasteiger partial charge in [-0.1, -0.05) is 30.4 Å². The summed E-state index contributed by atoms with van der Waals surface area (Å²) in [6, 6.07) is 20.8. The highest BCUT2D eigenvalue weighted by atomic mass is 16.5. The summed E-state index contributed by atoms with van der Waals surface area (Å²) in [5.74, 6) is 0.556. The van der Waals surface area contributed by atoms with Crippen molar-refractivity contribution in [1.29, 1.82) is 0 Å². The van der Waals surface area contributed by atoms with Gasteiger partial charge in [0.05, 0.1) is 11.6 Å². The molecule has 2 aromatic carbocycles. The second-order valence-electron chi connectivity index (χ2n) is 10.7. The van der Waals surface area contributed by atoms with Crippen LogP contribution >= 0.6 is 0 Å². The van der Waals surface area contributed by atoms with Gasteiger partial charge in [-0.05, 0) is 89.6 Å². The number of benzene rings is 3. The summed E-state index contributed by atoms with van der Waals surface area (Å²) in [4.78, 5) is 16.1. The van der Waals surface area contributed by atoms with E-state index in [4.69, 9.17) is 9.15 Å². The number of hydrogen-bond donors (Lipinski definition) is 0. The molecule has 0 N–H and O–H groups in total. The number of fused-ring (bicyclic) bond motifs is 2. The fourth-order valence-electron chi connectivity index (χ4n) is 6.07. The lowest BCUT2D eigenvalue weighted by molar-refractivity contribution is 0.0258. The number of anilines is 1. The van der Waals surface area contributed by atoms with Gasteiger partial charge in [-0.3, -0.25) is 0 Å². The van der Waals surface area contributed by atoms with Crippen LogP contribution in [0, 0.1) is 0 Å². The molecule has 1 atom stereocenters. The molecule has 1 heterocycles. The zero-order chi connectivity index (χ0) is 28.8. The van der Waals surface area contributed by atoms with Crippen LogP contribution in [0.5, 0.6) is 0 Å². The molecule has 2 aliphatic carbocycles. The van der Waals surface area contributed by atoms with Crippen molar-refractivity contribution >= 4 is 22.6 Å². The maximum absolute atomic E-state index is 13.7. The third-order valence-electron chi connectivity index (χ3n) is 8.36. The second-order valence-corrected chi connectivity index (χ2v) is 10.7. The summed E-state index contributed by atoms with van der Waals surface area (Å²) in [6.07, 6.45) is 9.17. The molecule has 0 radical (unpaired) electrons. The van der Waals surface area contributed by atoms with E-state index < -0.39 is 0 Å². The fraction of sp³-hybridized carbons (Fsp3) is 0.389. The highest BCUT2D eigenvalue weighted by molar-refractivity contribution is 6.08. The number of carbonyl (C=O) groups excluding carboxylic acids is 1. The lowest BCUT2D eigenvalue weighted by atomic mass is 9.90. The topological polar surface area (TPSA) is 45.7 Å². The summed E-state index contributed by atoms with van der Waals surface area (Å²) in [5, 5.41) is 2.11. The van der Waals surface area contributed by atoms with Gasteiger partial charge in [-0.15, -0.1) is 0 Å². The minimum absolute atomic E-state index is 0.0620. The molecule has 0 saturated carbocycles. The van der Waals surface area contributed by atoms with E-state index in [0.717, 1.165) is 103 Å². The number of allylic oxidation sites excluding steroid dienone is 2. The Morgan fingerprint density at radius 1 is 0.902 bits per heavy atom. The van der Waals surface area contributed by atoms with Gasteiger partial charge in [0.1, 0.15) is 30.5 Å². The van der Waals surface area contributed by atoms with E-state index in [-0.39, 0.29) is 12.1 Å². The monoisotopic (exact) mass is 551 g/mol. The molecule has 0 spiro atoms. The maximum Gasteiger partial charge on any atom is 0.339 e. The van der Waals surface area contributed by atoms with Crippen LogP contribution in [-0.2, 0) is 4.74 Å². The highest BCUT2D eigenvalue weighted by Gasteiger charge is 2.25. The Kier molecular flexibility index (Phi) is 9.23. The van der Waals surface area contributed by atoms with Crippen molar-refractivity contribution in [3.05, 3.63) is 83.7 Å². The molecule has 0 fully saturated rings. The Morgan fingerprint density at radius 3 is 2.46 bits per heavy atom. The molecule has 1 aliphatic heterocycles. The van der Waals surface area contributed by atoms with Gasteiger partial charge in [0.25, 0.3) is 0 Å². The van der Waals surface area contributed by atoms with E-state index in [0.29, 0.717) is 5.56 Å². The van der Waals surface area contributed by atoms with Gasteiger partial charge in [0, 0.05) is 47.4 Å². The second kappa shape index (κ2) is 13.2. The van der Waals surface area contributed by atoms with Crippen molar-refractivity contribution in [2.45, 2.75) is 65.9 Å². The normalized spacial score (nSPS) is 15.5. The molecule has 5 rings (SSSR count). The minimum Gasteiger partial charge on any atom is -0.459 e. The van der Waals surface area contributed by atoms with Gasteiger partial charge in [0.2, 0.25) is 5.36 Å². The molecule has 1 unspecified atom stereocenters. The van der Waals surface area contributed by atoms with E-state index in [1.54, 1.807) is 0 Å². The quantitative estimate of drug-likeness (QED) is 0.0966. The Labute approximate surface area is 244 Å². The van der Waals surface area contributed by atoms with E-state index >= 15 is 0 Å². The molecule has 0 amide bonds. The number of ether oxygens (including phenoxy) is 1. The van der Waals surface area contributed by atoms with Gasteiger partial charge >= 0.3 is 5.97 Å². The first-order chi connectivity index (χ1) is 20.1. The number of nitrogens with zero attached hydrogens (tertiary/aromatic N) is 2. The lowest BCUT2D eigenvalue weighted by Crippen LogP contribution is -2.29. The molecule has 2 aromatic rings. The Hall–Kier alpha value is -3.86. The summed E-state index contributed by atoms with van der Waals surface area (Å²) in [6.45, 7) is 12.3. The van der Waals surface area contributed by atoms with Crippen molar-refractivity contribution in [1.82, 2.24) is 4.58 Å². The minimum atomic E-state index is -0.253. The Morgan fingerprint density at radius 2 is 1.68 bits per heavy atom. The van der Waals surface area contributed by atoms with Crippen LogP contribution in [0.1, 0.15) is 70.2 Å². The van der Waals surface area contributed by atoms with E-state index in [9.17, 15) is 4.79 Å². The van der Waals surface area contributed by atoms with E-state index in [1.807, 2.05) is 24.3 Å². The first kappa shape index (κ1) is 28.7. The average Bonchev–Trinajstić information content (AvgIpc) is 2.98. The van der Waals surface area contributed by atoms with Crippen molar-refractivity contribution in [3.8, 4) is 22.5 Å². The maximum atomic E-state index is 13.7. The summed E-state index contributed by atoms with van der Waals surface area (Å²) in [5.41, 5.74) is 5.40. The number of carbonyl (C=O) groups is 1. The zero-order valence-corrected chi connectivity index (χ0v) is 25.0. The van der Waals surface area contributed by atoms with Gasteiger partial charge < -0.3 is 14.1 Å². The van der Waals surface area contributed by atoms with Crippen molar-refractivity contribution in [3.63, 3.8) is 0 Å². The molecular weight excluding hydrogens is 508 g/mol. The van der Waals surface area contributed by atoms with Crippen LogP contribution in [0.3, 0.4) is 0 Å². The van der Waals surface area contributed by atoms with E-state index in [2.05, 4.69) is 85.7 Å². The van der Waals surface area contributed by atoms with Gasteiger partial charge in [0.15, 0.2) is 0 Å². The number of hydrogen-bond acceptors (Lipinski definition) is 4. The smallest absolute Gasteiger partial charge is 0.339 e. The fourth-order valence-corrected chi connectivity index (χ4v) is 6.07. The SMILES string of the molecule is CCN(CC)c1ccc2c(-c3ccccc3C(=O)OC3CCC=CCCC3)c3ccc(=[N+](CC)CC)cc-3oc2c1. The largest absolute Gasteiger partial charge is 0.459 e. The highest BCUT2D eigenvalue weighted by Crippen LogP contribution is 2.42. The van der Waals surface area contributed by atoms with E-state index in [1.165, 1.54) is 0 Å². The number of esters is 1. The molecule has 5 heteroatoms. The molecule has 3 aliphatic rings. The van der Waals surface area contributed by atoms with Crippen LogP contribution in [0.25, 0.3) is 33.4 Å². The van der Waals surface area contributed by atoms with Crippen molar-refractivity contribution < 1.29 is 13.9 Å². The van der Waals surface area contributed by atoms with Gasteiger partial charge in [-0.25, -0.2) is 9.37 Å². The number of rotatable bonds is 8. The Bertz CT molecular complexity index is 1570. The summed E-state index contributed by atoms with van der Waals surface area (Å²) < 4.78 is 15.1. The van der Waals surface area contributed by atoms with Crippen LogP contribution < -0.4 is 14.8 Å². The molecule has 0 saturated heterocycles. The summed E-state index contributed by atoms with van der Waals surface area (Å²) in [7, 11) is 0. The predicted molar refractivity (Wildman–Crippen MR) is 170 cm³/mol. The zero-order valence-electron chi connectivity index (χ0n) is 25.0. The lowest BCUT2D eigenvalue weighted by Gasteiger charge is -2.23. The first-order valence-electron chi connectivity index (χ1n) is 15.4. The summed E-state index contributed by atoms with van der Waals surface area (Å²) >= 11 is 0. The van der Waals surface area contributed by atoms with Crippen LogP contribution in [-0.4, -0.2) is 38.3 Å². The Balaban J connectivity index is 1.70.